The summed E-state index contributed by atoms with van der Waals surface area (Å²) >= 11 is 5.51. The van der Waals surface area contributed by atoms with Crippen LogP contribution in [0.2, 0.25) is 5.15 Å². The average molecular weight is 436 g/mol. The van der Waals surface area contributed by atoms with Crippen molar-refractivity contribution >= 4 is 11.6 Å². The first-order chi connectivity index (χ1) is 13.6. The number of halogens is 6. The van der Waals surface area contributed by atoms with Gasteiger partial charge in [-0.2, -0.15) is 13.2 Å². The highest BCUT2D eigenvalue weighted by Crippen LogP contribution is 2.36. The molecule has 0 aliphatic carbocycles. The summed E-state index contributed by atoms with van der Waals surface area (Å²) < 4.78 is 69.7. The molecule has 3 unspecified atom stereocenters. The van der Waals surface area contributed by atoms with Crippen LogP contribution in [0.25, 0.3) is 0 Å². The number of alkyl halides is 5. The Balaban J connectivity index is 1.65. The molecule has 10 heteroatoms. The van der Waals surface area contributed by atoms with E-state index >= 15 is 0 Å². The van der Waals surface area contributed by atoms with Gasteiger partial charge in [-0.1, -0.05) is 17.7 Å². The van der Waals surface area contributed by atoms with E-state index < -0.39 is 23.3 Å². The van der Waals surface area contributed by atoms with Gasteiger partial charge in [-0.05, 0) is 43.4 Å². The Labute approximate surface area is 169 Å². The fourth-order valence-corrected chi connectivity index (χ4v) is 3.69. The van der Waals surface area contributed by atoms with Crippen molar-refractivity contribution in [2.24, 2.45) is 0 Å². The number of nitrogens with zero attached hydrogens (tertiary/aromatic N) is 2. The fourth-order valence-electron chi connectivity index (χ4n) is 3.48. The third-order valence-electron chi connectivity index (χ3n) is 4.80. The second kappa shape index (κ2) is 8.79. The zero-order valence-corrected chi connectivity index (χ0v) is 16.1. The standard InChI is InChI=1S/C19H19ClF5N3O/c1-10-4-12(11-2-3-16(18(21)22)26-7-11)5-13(28-10)9-29-14-6-15(19(23,24)25)17(20)27-8-14/h2-3,6-8,10,12-13,18,28H,4-5,9H2,1H3. The SMILES string of the molecule is CC1CC(c2ccc(C(F)F)nc2)CC(COc2cnc(Cl)c(C(F)(F)F)c2)N1. The van der Waals surface area contributed by atoms with E-state index in [1.54, 1.807) is 6.07 Å². The lowest BCUT2D eigenvalue weighted by atomic mass is 9.84. The van der Waals surface area contributed by atoms with Gasteiger partial charge >= 0.3 is 6.18 Å². The molecule has 0 amide bonds. The lowest BCUT2D eigenvalue weighted by molar-refractivity contribution is -0.137. The monoisotopic (exact) mass is 435 g/mol. The molecular weight excluding hydrogens is 417 g/mol. The van der Waals surface area contributed by atoms with Crippen molar-refractivity contribution < 1.29 is 26.7 Å². The van der Waals surface area contributed by atoms with E-state index in [9.17, 15) is 22.0 Å². The smallest absolute Gasteiger partial charge is 0.419 e. The summed E-state index contributed by atoms with van der Waals surface area (Å²) in [6.07, 6.45) is -3.22. The van der Waals surface area contributed by atoms with Gasteiger partial charge in [0.25, 0.3) is 6.43 Å². The Morgan fingerprint density at radius 3 is 2.59 bits per heavy atom. The molecule has 4 nitrogen and oxygen atoms in total. The van der Waals surface area contributed by atoms with Crippen LogP contribution in [0.1, 0.15) is 48.9 Å². The Morgan fingerprint density at radius 1 is 1.21 bits per heavy atom. The molecule has 1 aliphatic rings. The second-order valence-electron chi connectivity index (χ2n) is 7.07. The first kappa shape index (κ1) is 21.7. The number of ether oxygens (including phenoxy) is 1. The minimum absolute atomic E-state index is 0.0266. The minimum Gasteiger partial charge on any atom is -0.490 e. The molecule has 158 valence electrons. The van der Waals surface area contributed by atoms with Crippen LogP contribution < -0.4 is 10.1 Å². The molecule has 1 fully saturated rings. The molecule has 0 radical (unpaired) electrons. The molecule has 0 bridgehead atoms. The summed E-state index contributed by atoms with van der Waals surface area (Å²) in [5.74, 6) is 0.0504. The van der Waals surface area contributed by atoms with E-state index in [-0.39, 0.29) is 36.1 Å². The van der Waals surface area contributed by atoms with Gasteiger partial charge in [0.15, 0.2) is 0 Å². The van der Waals surface area contributed by atoms with Gasteiger partial charge in [0, 0.05) is 18.3 Å². The topological polar surface area (TPSA) is 47.0 Å². The number of hydrogen-bond donors (Lipinski definition) is 1. The first-order valence-electron chi connectivity index (χ1n) is 8.99. The molecule has 1 aliphatic heterocycles. The van der Waals surface area contributed by atoms with Gasteiger partial charge in [0.2, 0.25) is 0 Å². The van der Waals surface area contributed by atoms with Gasteiger partial charge in [-0.3, -0.25) is 4.98 Å². The largest absolute Gasteiger partial charge is 0.490 e. The van der Waals surface area contributed by atoms with Gasteiger partial charge in [-0.25, -0.2) is 13.8 Å². The zero-order chi connectivity index (χ0) is 21.2. The number of hydrogen-bond acceptors (Lipinski definition) is 4. The van der Waals surface area contributed by atoms with Gasteiger partial charge in [-0.15, -0.1) is 0 Å². The maximum Gasteiger partial charge on any atom is 0.419 e. The van der Waals surface area contributed by atoms with E-state index in [1.807, 2.05) is 6.92 Å². The van der Waals surface area contributed by atoms with E-state index in [0.717, 1.165) is 24.2 Å². The summed E-state index contributed by atoms with van der Waals surface area (Å²) in [5.41, 5.74) is -0.476. The van der Waals surface area contributed by atoms with Crippen LogP contribution >= 0.6 is 11.6 Å². The number of nitrogens with one attached hydrogen (secondary N) is 1. The number of pyridine rings is 2. The first-order valence-corrected chi connectivity index (χ1v) is 9.37. The molecule has 29 heavy (non-hydrogen) atoms. The van der Waals surface area contributed by atoms with Crippen LogP contribution in [0, 0.1) is 0 Å². The summed E-state index contributed by atoms with van der Waals surface area (Å²) in [6, 6.07) is 3.77. The average Bonchev–Trinajstić information content (AvgIpc) is 2.66. The van der Waals surface area contributed by atoms with Crippen molar-refractivity contribution in [3.8, 4) is 5.75 Å². The Kier molecular flexibility index (Phi) is 6.58. The van der Waals surface area contributed by atoms with Gasteiger partial charge in [0.1, 0.15) is 23.2 Å². The highest BCUT2D eigenvalue weighted by molar-refractivity contribution is 6.30. The Hall–Kier alpha value is -2.00. The van der Waals surface area contributed by atoms with Crippen LogP contribution in [0.3, 0.4) is 0 Å². The predicted octanol–water partition coefficient (Wildman–Crippen LogP) is 5.39. The molecule has 2 aromatic heterocycles. The molecular formula is C19H19ClF5N3O. The molecule has 3 rings (SSSR count). The fraction of sp³-hybridized carbons (Fsp3) is 0.474. The molecule has 1 N–H and O–H groups in total. The number of rotatable bonds is 5. The molecule has 3 atom stereocenters. The van der Waals surface area contributed by atoms with Gasteiger partial charge < -0.3 is 10.1 Å². The normalized spacial score (nSPS) is 22.7. The van der Waals surface area contributed by atoms with Crippen LogP contribution in [0.5, 0.6) is 5.75 Å². The quantitative estimate of drug-likeness (QED) is 0.505. The minimum atomic E-state index is -4.62. The molecule has 2 aromatic rings. The molecule has 0 aromatic carbocycles. The summed E-state index contributed by atoms with van der Waals surface area (Å²) in [5, 5.41) is 2.71. The maximum absolute atomic E-state index is 12.9. The molecule has 0 spiro atoms. The van der Waals surface area contributed by atoms with Crippen molar-refractivity contribution in [3.63, 3.8) is 0 Å². The summed E-state index contributed by atoms with van der Waals surface area (Å²) in [4.78, 5) is 7.35. The Bertz CT molecular complexity index is 832. The van der Waals surface area contributed by atoms with Crippen LogP contribution in [-0.4, -0.2) is 28.7 Å². The van der Waals surface area contributed by atoms with Gasteiger partial charge in [0.05, 0.1) is 11.8 Å². The third kappa shape index (κ3) is 5.54. The second-order valence-corrected chi connectivity index (χ2v) is 7.43. The molecule has 3 heterocycles. The lowest BCUT2D eigenvalue weighted by Crippen LogP contribution is -2.46. The molecule has 1 saturated heterocycles. The van der Waals surface area contributed by atoms with E-state index in [0.29, 0.717) is 6.42 Å². The molecule has 0 saturated carbocycles. The van der Waals surface area contributed by atoms with E-state index in [4.69, 9.17) is 16.3 Å². The Morgan fingerprint density at radius 2 is 1.97 bits per heavy atom. The highest BCUT2D eigenvalue weighted by Gasteiger charge is 2.35. The van der Waals surface area contributed by atoms with Crippen molar-refractivity contribution in [1.82, 2.24) is 15.3 Å². The number of piperidine rings is 1. The van der Waals surface area contributed by atoms with E-state index in [2.05, 4.69) is 15.3 Å². The van der Waals surface area contributed by atoms with Crippen LogP contribution in [0.4, 0.5) is 22.0 Å². The van der Waals surface area contributed by atoms with Crippen molar-refractivity contribution in [1.29, 1.82) is 0 Å². The number of aromatic nitrogens is 2. The maximum atomic E-state index is 12.9. The highest BCUT2D eigenvalue weighted by atomic mass is 35.5. The lowest BCUT2D eigenvalue weighted by Gasteiger charge is -2.34. The van der Waals surface area contributed by atoms with E-state index in [1.165, 1.54) is 12.3 Å². The third-order valence-corrected chi connectivity index (χ3v) is 5.10. The van der Waals surface area contributed by atoms with Crippen LogP contribution in [0.15, 0.2) is 30.6 Å². The predicted molar refractivity (Wildman–Crippen MR) is 97.3 cm³/mol. The van der Waals surface area contributed by atoms with Crippen molar-refractivity contribution in [2.45, 2.75) is 50.4 Å². The van der Waals surface area contributed by atoms with Crippen molar-refractivity contribution in [2.75, 3.05) is 6.61 Å². The zero-order valence-electron chi connectivity index (χ0n) is 15.4. The van der Waals surface area contributed by atoms with Crippen LogP contribution in [-0.2, 0) is 6.18 Å². The summed E-state index contributed by atoms with van der Waals surface area (Å²) in [7, 11) is 0. The summed E-state index contributed by atoms with van der Waals surface area (Å²) in [6.45, 7) is 2.11. The van der Waals surface area contributed by atoms with Crippen molar-refractivity contribution in [3.05, 3.63) is 52.6 Å².